The molecule has 2 aromatic rings. The summed E-state index contributed by atoms with van der Waals surface area (Å²) in [6, 6.07) is 7.28. The smallest absolute Gasteiger partial charge is 0.200 e. The minimum absolute atomic E-state index is 0.0746. The molecule has 0 amide bonds. The molecule has 30 heavy (non-hydrogen) atoms. The molecule has 2 N–H and O–H groups in total. The number of phenolic OH excluding ortho intramolecular Hbond substituents is 1. The molecule has 0 bridgehead atoms. The summed E-state index contributed by atoms with van der Waals surface area (Å²) in [5.74, 6) is 1.44. The lowest BCUT2D eigenvalue weighted by molar-refractivity contribution is -0.116. The van der Waals surface area contributed by atoms with Gasteiger partial charge in [-0.1, -0.05) is 0 Å². The lowest BCUT2D eigenvalue weighted by Gasteiger charge is -2.34. The number of carbonyl (C=O) groups is 1. The predicted molar refractivity (Wildman–Crippen MR) is 112 cm³/mol. The topological polar surface area (TPSA) is 86.2 Å². The van der Waals surface area contributed by atoms with Crippen LogP contribution in [0.2, 0.25) is 0 Å². The van der Waals surface area contributed by atoms with Crippen LogP contribution in [0, 0.1) is 0 Å². The van der Waals surface area contributed by atoms with Gasteiger partial charge in [-0.15, -0.1) is 0 Å². The van der Waals surface area contributed by atoms with Crippen LogP contribution in [-0.4, -0.2) is 39.3 Å². The highest BCUT2D eigenvalue weighted by molar-refractivity contribution is 6.01. The lowest BCUT2D eigenvalue weighted by atomic mass is 9.75. The van der Waals surface area contributed by atoms with Crippen LogP contribution in [0.1, 0.15) is 36.3 Å². The van der Waals surface area contributed by atoms with Gasteiger partial charge in [0.25, 0.3) is 0 Å². The molecule has 7 nitrogen and oxygen atoms in total. The van der Waals surface area contributed by atoms with Crippen LogP contribution >= 0.6 is 0 Å². The number of allylic oxidation sites excluding steroid dienone is 2. The Kier molecular flexibility index (Phi) is 5.20. The van der Waals surface area contributed by atoms with E-state index in [4.69, 9.17) is 18.9 Å². The van der Waals surface area contributed by atoms with Crippen LogP contribution in [-0.2, 0) is 4.79 Å². The zero-order valence-corrected chi connectivity index (χ0v) is 17.5. The number of rotatable bonds is 5. The number of hydrogen-bond acceptors (Lipinski definition) is 7. The molecule has 0 unspecified atom stereocenters. The average Bonchev–Trinajstić information content (AvgIpc) is 2.77. The molecule has 158 valence electrons. The van der Waals surface area contributed by atoms with Crippen LogP contribution in [0.3, 0.4) is 0 Å². The monoisotopic (exact) mass is 411 g/mol. The summed E-state index contributed by atoms with van der Waals surface area (Å²) < 4.78 is 21.7. The molecule has 7 heteroatoms. The van der Waals surface area contributed by atoms with Crippen LogP contribution in [0.4, 0.5) is 5.69 Å². The molecule has 1 atom stereocenters. The highest BCUT2D eigenvalue weighted by atomic mass is 16.5. The summed E-state index contributed by atoms with van der Waals surface area (Å²) in [4.78, 5) is 13.0. The minimum Gasteiger partial charge on any atom is -0.502 e. The normalized spacial score (nSPS) is 17.6. The van der Waals surface area contributed by atoms with Crippen LogP contribution in [0.15, 0.2) is 35.5 Å². The largest absolute Gasteiger partial charge is 0.502 e. The third kappa shape index (κ3) is 3.10. The van der Waals surface area contributed by atoms with E-state index in [2.05, 4.69) is 5.32 Å². The number of benzene rings is 2. The number of methoxy groups -OCH3 is 4. The highest BCUT2D eigenvalue weighted by Gasteiger charge is 2.36. The standard InChI is InChI=1S/C23H25NO6/c1-27-17-10-13-15(11-18(17)28-2)24-14-6-5-7-16(25)22(14)21(13)12-8-19(29-3)23(26)20(9-12)30-4/h8-11,21,24,26H,5-7H2,1-4H3/t21-/m0/s1. The molecule has 0 aromatic heterocycles. The van der Waals surface area contributed by atoms with E-state index in [1.54, 1.807) is 26.4 Å². The van der Waals surface area contributed by atoms with Crippen molar-refractivity contribution in [2.45, 2.75) is 25.2 Å². The van der Waals surface area contributed by atoms with E-state index in [0.717, 1.165) is 40.9 Å². The summed E-state index contributed by atoms with van der Waals surface area (Å²) in [5.41, 5.74) is 4.19. The van der Waals surface area contributed by atoms with Gasteiger partial charge in [-0.05, 0) is 42.2 Å². The van der Waals surface area contributed by atoms with Gasteiger partial charge in [0.15, 0.2) is 28.8 Å². The van der Waals surface area contributed by atoms with Crippen molar-refractivity contribution in [3.05, 3.63) is 46.7 Å². The van der Waals surface area contributed by atoms with Gasteiger partial charge < -0.3 is 29.4 Å². The molecule has 1 aliphatic carbocycles. The van der Waals surface area contributed by atoms with Gasteiger partial charge in [-0.3, -0.25) is 4.79 Å². The van der Waals surface area contributed by atoms with E-state index in [1.165, 1.54) is 14.2 Å². The first-order valence-electron chi connectivity index (χ1n) is 9.76. The number of nitrogens with one attached hydrogen (secondary N) is 1. The van der Waals surface area contributed by atoms with Crippen molar-refractivity contribution in [3.63, 3.8) is 0 Å². The fourth-order valence-corrected chi connectivity index (χ4v) is 4.31. The molecule has 0 saturated carbocycles. The Morgan fingerprint density at radius 1 is 0.867 bits per heavy atom. The molecule has 0 saturated heterocycles. The second-order valence-electron chi connectivity index (χ2n) is 7.30. The van der Waals surface area contributed by atoms with E-state index < -0.39 is 0 Å². The predicted octanol–water partition coefficient (Wildman–Crippen LogP) is 3.99. The second kappa shape index (κ2) is 7.82. The zero-order chi connectivity index (χ0) is 21.4. The van der Waals surface area contributed by atoms with Crippen molar-refractivity contribution in [1.82, 2.24) is 0 Å². The molecule has 0 fully saturated rings. The summed E-state index contributed by atoms with van der Waals surface area (Å²) in [5, 5.41) is 13.8. The Morgan fingerprint density at radius 3 is 2.07 bits per heavy atom. The lowest BCUT2D eigenvalue weighted by Crippen LogP contribution is -2.27. The Bertz CT molecular complexity index is 1020. The number of hydrogen-bond donors (Lipinski definition) is 2. The van der Waals surface area contributed by atoms with E-state index in [9.17, 15) is 9.90 Å². The third-order valence-electron chi connectivity index (χ3n) is 5.73. The third-order valence-corrected chi connectivity index (χ3v) is 5.73. The van der Waals surface area contributed by atoms with E-state index in [-0.39, 0.29) is 28.9 Å². The van der Waals surface area contributed by atoms with Gasteiger partial charge in [0, 0.05) is 35.4 Å². The molecule has 2 aliphatic rings. The molecule has 0 spiro atoms. The zero-order valence-electron chi connectivity index (χ0n) is 17.5. The van der Waals surface area contributed by atoms with Gasteiger partial charge in [-0.25, -0.2) is 0 Å². The Hall–Kier alpha value is -3.35. The number of anilines is 1. The van der Waals surface area contributed by atoms with Gasteiger partial charge in [0.2, 0.25) is 5.75 Å². The number of fused-ring (bicyclic) bond motifs is 1. The number of carbonyl (C=O) groups excluding carboxylic acids is 1. The first-order valence-corrected chi connectivity index (χ1v) is 9.76. The number of phenols is 1. The SMILES string of the molecule is COc1cc2c(cc1OC)[C@H](c1cc(OC)c(O)c(OC)c1)C1=C(CCCC1=O)N2. The second-order valence-corrected chi connectivity index (χ2v) is 7.30. The van der Waals surface area contributed by atoms with E-state index in [0.29, 0.717) is 17.9 Å². The number of Topliss-reactive ketones (excluding diaryl/α,β-unsaturated/α-hetero) is 1. The van der Waals surface area contributed by atoms with Crippen molar-refractivity contribution in [2.75, 3.05) is 33.8 Å². The summed E-state index contributed by atoms with van der Waals surface area (Å²) in [7, 11) is 6.14. The number of ether oxygens (including phenoxy) is 4. The first-order chi connectivity index (χ1) is 14.5. The van der Waals surface area contributed by atoms with Gasteiger partial charge in [-0.2, -0.15) is 0 Å². The minimum atomic E-state index is -0.354. The van der Waals surface area contributed by atoms with Gasteiger partial charge in [0.05, 0.1) is 28.4 Å². The maximum Gasteiger partial charge on any atom is 0.200 e. The van der Waals surface area contributed by atoms with Crippen LogP contribution < -0.4 is 24.3 Å². The highest BCUT2D eigenvalue weighted by Crippen LogP contribution is 2.50. The molecule has 1 heterocycles. The molecule has 0 radical (unpaired) electrons. The summed E-state index contributed by atoms with van der Waals surface area (Å²) in [6.07, 6.45) is 2.10. The fraction of sp³-hybridized carbons (Fsp3) is 0.348. The fourth-order valence-electron chi connectivity index (χ4n) is 4.31. The summed E-state index contributed by atoms with van der Waals surface area (Å²) in [6.45, 7) is 0. The molecule has 1 aliphatic heterocycles. The van der Waals surface area contributed by atoms with Crippen molar-refractivity contribution >= 4 is 11.5 Å². The maximum atomic E-state index is 13.0. The van der Waals surface area contributed by atoms with Crippen molar-refractivity contribution in [3.8, 4) is 28.7 Å². The average molecular weight is 411 g/mol. The number of ketones is 1. The van der Waals surface area contributed by atoms with E-state index in [1.807, 2.05) is 12.1 Å². The Morgan fingerprint density at radius 2 is 1.47 bits per heavy atom. The maximum absolute atomic E-state index is 13.0. The molecule has 2 aromatic carbocycles. The van der Waals surface area contributed by atoms with Crippen molar-refractivity contribution in [2.24, 2.45) is 0 Å². The Balaban J connectivity index is 1.99. The van der Waals surface area contributed by atoms with E-state index >= 15 is 0 Å². The van der Waals surface area contributed by atoms with Crippen molar-refractivity contribution < 1.29 is 28.8 Å². The number of aromatic hydroxyl groups is 1. The molecular formula is C23H25NO6. The van der Waals surface area contributed by atoms with Crippen LogP contribution in [0.5, 0.6) is 28.7 Å². The van der Waals surface area contributed by atoms with Crippen LogP contribution in [0.25, 0.3) is 0 Å². The first kappa shape index (κ1) is 19.9. The Labute approximate surface area is 175 Å². The summed E-state index contributed by atoms with van der Waals surface area (Å²) >= 11 is 0. The van der Waals surface area contributed by atoms with Crippen molar-refractivity contribution in [1.29, 1.82) is 0 Å². The molecular weight excluding hydrogens is 386 g/mol. The van der Waals surface area contributed by atoms with Gasteiger partial charge in [0.1, 0.15) is 0 Å². The van der Waals surface area contributed by atoms with Gasteiger partial charge >= 0.3 is 0 Å². The molecule has 4 rings (SSSR count). The quantitative estimate of drug-likeness (QED) is 0.769.